The monoisotopic (exact) mass is 364 g/mol. The van der Waals surface area contributed by atoms with Crippen LogP contribution in [-0.4, -0.2) is 57.8 Å². The van der Waals surface area contributed by atoms with E-state index in [-0.39, 0.29) is 23.1 Å². The van der Waals surface area contributed by atoms with Crippen molar-refractivity contribution in [2.75, 3.05) is 26.2 Å². The summed E-state index contributed by atoms with van der Waals surface area (Å²) < 4.78 is 37.8. The summed E-state index contributed by atoms with van der Waals surface area (Å²) in [5, 5.41) is 0. The molecule has 0 aliphatic carbocycles. The molecule has 1 aliphatic heterocycles. The standard InChI is InChI=1S/C17H15F3N4O2/c18-17(19,20)13-3-1-12(2-4-13)15(25)23-7-9-24(10-8-23)16(26)14-11-21-5-6-22-14/h1-6,11H,7-10H2. The molecule has 2 amide bonds. The number of benzene rings is 1. The topological polar surface area (TPSA) is 66.4 Å². The number of hydrogen-bond acceptors (Lipinski definition) is 4. The normalized spacial score (nSPS) is 15.0. The van der Waals surface area contributed by atoms with E-state index in [2.05, 4.69) is 9.97 Å². The summed E-state index contributed by atoms with van der Waals surface area (Å²) in [5.41, 5.74) is -0.379. The van der Waals surface area contributed by atoms with E-state index >= 15 is 0 Å². The van der Waals surface area contributed by atoms with Crippen LogP contribution in [-0.2, 0) is 6.18 Å². The first-order valence-corrected chi connectivity index (χ1v) is 7.88. The molecule has 1 aromatic carbocycles. The van der Waals surface area contributed by atoms with Crippen LogP contribution in [0.5, 0.6) is 0 Å². The van der Waals surface area contributed by atoms with E-state index in [1.807, 2.05) is 0 Å². The Kier molecular flexibility index (Phi) is 4.88. The number of hydrogen-bond donors (Lipinski definition) is 0. The molecule has 0 radical (unpaired) electrons. The van der Waals surface area contributed by atoms with E-state index < -0.39 is 11.7 Å². The predicted octanol–water partition coefficient (Wildman–Crippen LogP) is 2.09. The Morgan fingerprint density at radius 1 is 0.885 bits per heavy atom. The average molecular weight is 364 g/mol. The molecular weight excluding hydrogens is 349 g/mol. The fraction of sp³-hybridized carbons (Fsp3) is 0.294. The molecule has 0 spiro atoms. The Balaban J connectivity index is 1.61. The van der Waals surface area contributed by atoms with Crippen LogP contribution < -0.4 is 0 Å². The molecule has 2 aromatic rings. The molecule has 2 heterocycles. The highest BCUT2D eigenvalue weighted by atomic mass is 19.4. The first kappa shape index (κ1) is 17.8. The first-order valence-electron chi connectivity index (χ1n) is 7.88. The molecule has 26 heavy (non-hydrogen) atoms. The maximum atomic E-state index is 12.6. The van der Waals surface area contributed by atoms with Crippen LogP contribution in [0.25, 0.3) is 0 Å². The average Bonchev–Trinajstić information content (AvgIpc) is 2.67. The van der Waals surface area contributed by atoms with Gasteiger partial charge in [0.25, 0.3) is 11.8 Å². The number of halogens is 3. The maximum Gasteiger partial charge on any atom is 0.416 e. The summed E-state index contributed by atoms with van der Waals surface area (Å²) in [7, 11) is 0. The number of amides is 2. The summed E-state index contributed by atoms with van der Waals surface area (Å²) in [5.74, 6) is -0.620. The van der Waals surface area contributed by atoms with Crippen molar-refractivity contribution in [2.45, 2.75) is 6.18 Å². The van der Waals surface area contributed by atoms with Gasteiger partial charge >= 0.3 is 6.18 Å². The van der Waals surface area contributed by atoms with Crippen molar-refractivity contribution in [2.24, 2.45) is 0 Å². The molecule has 0 atom stereocenters. The van der Waals surface area contributed by atoms with Gasteiger partial charge in [-0.15, -0.1) is 0 Å². The molecule has 3 rings (SSSR count). The fourth-order valence-corrected chi connectivity index (χ4v) is 2.67. The lowest BCUT2D eigenvalue weighted by molar-refractivity contribution is -0.137. The number of carbonyl (C=O) groups is 2. The zero-order valence-electron chi connectivity index (χ0n) is 13.6. The maximum absolute atomic E-state index is 12.6. The van der Waals surface area contributed by atoms with Crippen molar-refractivity contribution in [3.05, 3.63) is 59.7 Å². The second-order valence-corrected chi connectivity index (χ2v) is 5.75. The SMILES string of the molecule is O=C(c1ccc(C(F)(F)F)cc1)N1CCN(C(=O)c2cnccn2)CC1. The van der Waals surface area contributed by atoms with Crippen molar-refractivity contribution < 1.29 is 22.8 Å². The molecule has 0 unspecified atom stereocenters. The minimum atomic E-state index is -4.44. The number of piperazine rings is 1. The second kappa shape index (κ2) is 7.11. The quantitative estimate of drug-likeness (QED) is 0.819. The lowest BCUT2D eigenvalue weighted by atomic mass is 10.1. The van der Waals surface area contributed by atoms with Gasteiger partial charge in [-0.25, -0.2) is 4.98 Å². The van der Waals surface area contributed by atoms with Gasteiger partial charge in [-0.2, -0.15) is 13.2 Å². The van der Waals surface area contributed by atoms with Crippen LogP contribution in [0.4, 0.5) is 13.2 Å². The Morgan fingerprint density at radius 2 is 1.46 bits per heavy atom. The highest BCUT2D eigenvalue weighted by Crippen LogP contribution is 2.29. The molecule has 1 aromatic heterocycles. The number of aromatic nitrogens is 2. The highest BCUT2D eigenvalue weighted by molar-refractivity contribution is 5.95. The van der Waals surface area contributed by atoms with Gasteiger partial charge in [0.05, 0.1) is 11.8 Å². The van der Waals surface area contributed by atoms with Gasteiger partial charge in [0.1, 0.15) is 5.69 Å². The van der Waals surface area contributed by atoms with Crippen LogP contribution >= 0.6 is 0 Å². The molecule has 1 saturated heterocycles. The minimum absolute atomic E-state index is 0.187. The summed E-state index contributed by atoms with van der Waals surface area (Å²) in [6.07, 6.45) is -0.162. The molecule has 6 nitrogen and oxygen atoms in total. The smallest absolute Gasteiger partial charge is 0.335 e. The second-order valence-electron chi connectivity index (χ2n) is 5.75. The van der Waals surface area contributed by atoms with Gasteiger partial charge in [-0.3, -0.25) is 14.6 Å². The van der Waals surface area contributed by atoms with Gasteiger partial charge in [0.2, 0.25) is 0 Å². The van der Waals surface area contributed by atoms with E-state index in [1.54, 1.807) is 4.90 Å². The molecule has 0 N–H and O–H groups in total. The van der Waals surface area contributed by atoms with Gasteiger partial charge in [-0.1, -0.05) is 0 Å². The Bertz CT molecular complexity index is 786. The molecule has 136 valence electrons. The lowest BCUT2D eigenvalue weighted by Gasteiger charge is -2.34. The van der Waals surface area contributed by atoms with E-state index in [9.17, 15) is 22.8 Å². The van der Waals surface area contributed by atoms with Gasteiger partial charge < -0.3 is 9.80 Å². The summed E-state index contributed by atoms with van der Waals surface area (Å²) in [6.45, 7) is 1.24. The first-order chi connectivity index (χ1) is 12.4. The predicted molar refractivity (Wildman–Crippen MR) is 85.3 cm³/mol. The molecular formula is C17H15F3N4O2. The van der Waals surface area contributed by atoms with E-state index in [4.69, 9.17) is 0 Å². The van der Waals surface area contributed by atoms with Crippen LogP contribution in [0.3, 0.4) is 0 Å². The van der Waals surface area contributed by atoms with Crippen LogP contribution in [0.2, 0.25) is 0 Å². The number of alkyl halides is 3. The number of rotatable bonds is 2. The Morgan fingerprint density at radius 3 is 1.96 bits per heavy atom. The number of nitrogens with zero attached hydrogens (tertiary/aromatic N) is 4. The summed E-state index contributed by atoms with van der Waals surface area (Å²) >= 11 is 0. The third-order valence-corrected chi connectivity index (χ3v) is 4.10. The third kappa shape index (κ3) is 3.81. The van der Waals surface area contributed by atoms with Gasteiger partial charge in [0.15, 0.2) is 0 Å². The molecule has 0 bridgehead atoms. The summed E-state index contributed by atoms with van der Waals surface area (Å²) in [6, 6.07) is 4.12. The van der Waals surface area contributed by atoms with E-state index in [0.717, 1.165) is 12.1 Å². The van der Waals surface area contributed by atoms with E-state index in [1.165, 1.54) is 35.6 Å². The largest absolute Gasteiger partial charge is 0.416 e. The van der Waals surface area contributed by atoms with Crippen LogP contribution in [0.1, 0.15) is 26.4 Å². The van der Waals surface area contributed by atoms with Gasteiger partial charge in [0, 0.05) is 44.1 Å². The Labute approximate surface area is 147 Å². The summed E-state index contributed by atoms with van der Waals surface area (Å²) in [4.78, 5) is 35.6. The lowest BCUT2D eigenvalue weighted by Crippen LogP contribution is -2.50. The van der Waals surface area contributed by atoms with Crippen LogP contribution in [0.15, 0.2) is 42.9 Å². The molecule has 9 heteroatoms. The third-order valence-electron chi connectivity index (χ3n) is 4.10. The van der Waals surface area contributed by atoms with E-state index in [0.29, 0.717) is 26.2 Å². The Hall–Kier alpha value is -2.97. The zero-order chi connectivity index (χ0) is 18.7. The van der Waals surface area contributed by atoms with Gasteiger partial charge in [-0.05, 0) is 24.3 Å². The minimum Gasteiger partial charge on any atom is -0.335 e. The zero-order valence-corrected chi connectivity index (χ0v) is 13.6. The van der Waals surface area contributed by atoms with Crippen molar-refractivity contribution >= 4 is 11.8 Å². The van der Waals surface area contributed by atoms with Crippen LogP contribution in [0, 0.1) is 0 Å². The molecule has 1 fully saturated rings. The molecule has 1 aliphatic rings. The number of carbonyl (C=O) groups excluding carboxylic acids is 2. The molecule has 0 saturated carbocycles. The van der Waals surface area contributed by atoms with Crippen molar-refractivity contribution in [3.8, 4) is 0 Å². The van der Waals surface area contributed by atoms with Crippen molar-refractivity contribution in [3.63, 3.8) is 0 Å². The van der Waals surface area contributed by atoms with Crippen molar-refractivity contribution in [1.82, 2.24) is 19.8 Å². The highest BCUT2D eigenvalue weighted by Gasteiger charge is 2.31. The van der Waals surface area contributed by atoms with Crippen molar-refractivity contribution in [1.29, 1.82) is 0 Å². The fourth-order valence-electron chi connectivity index (χ4n) is 2.67.